The molecule has 4 atom stereocenters. The fourth-order valence-corrected chi connectivity index (χ4v) is 3.25. The molecule has 114 valence electrons. The number of nitrogens with one attached hydrogen (secondary N) is 1. The number of hydrogen-bond acceptors (Lipinski definition) is 3. The van der Waals surface area contributed by atoms with Gasteiger partial charge in [0.1, 0.15) is 0 Å². The van der Waals surface area contributed by atoms with Gasteiger partial charge >= 0.3 is 12.0 Å². The van der Waals surface area contributed by atoms with Crippen molar-refractivity contribution in [3.05, 3.63) is 0 Å². The Morgan fingerprint density at radius 2 is 1.85 bits per heavy atom. The van der Waals surface area contributed by atoms with Crippen LogP contribution in [0.3, 0.4) is 0 Å². The predicted molar refractivity (Wildman–Crippen MR) is 73.3 cm³/mol. The van der Waals surface area contributed by atoms with E-state index >= 15 is 0 Å². The highest BCUT2D eigenvalue weighted by Gasteiger charge is 2.39. The van der Waals surface area contributed by atoms with Gasteiger partial charge in [0.05, 0.1) is 18.1 Å². The van der Waals surface area contributed by atoms with E-state index in [1.165, 1.54) is 0 Å². The van der Waals surface area contributed by atoms with Gasteiger partial charge in [0, 0.05) is 12.6 Å². The summed E-state index contributed by atoms with van der Waals surface area (Å²) in [6.45, 7) is 2.24. The van der Waals surface area contributed by atoms with Crippen LogP contribution in [0.2, 0.25) is 0 Å². The molecule has 0 aromatic carbocycles. The van der Waals surface area contributed by atoms with Gasteiger partial charge in [-0.05, 0) is 26.2 Å². The first-order valence-corrected chi connectivity index (χ1v) is 7.48. The second-order valence-electron chi connectivity index (χ2n) is 5.93. The largest absolute Gasteiger partial charge is 0.481 e. The van der Waals surface area contributed by atoms with Crippen molar-refractivity contribution in [2.75, 3.05) is 6.54 Å². The molecule has 0 bridgehead atoms. The van der Waals surface area contributed by atoms with E-state index in [1.54, 1.807) is 11.8 Å². The Morgan fingerprint density at radius 3 is 2.50 bits per heavy atom. The molecule has 6 heteroatoms. The number of carbonyl (C=O) groups excluding carboxylic acids is 1. The first kappa shape index (κ1) is 15.1. The Labute approximate surface area is 119 Å². The van der Waals surface area contributed by atoms with Gasteiger partial charge in [-0.25, -0.2) is 4.79 Å². The van der Waals surface area contributed by atoms with Crippen LogP contribution in [-0.2, 0) is 4.79 Å². The number of rotatable bonds is 2. The topological polar surface area (TPSA) is 89.9 Å². The molecule has 0 spiro atoms. The molecule has 3 N–H and O–H groups in total. The zero-order chi connectivity index (χ0) is 14.7. The van der Waals surface area contributed by atoms with Crippen LogP contribution >= 0.6 is 0 Å². The van der Waals surface area contributed by atoms with Gasteiger partial charge in [0.25, 0.3) is 0 Å². The molecule has 6 nitrogen and oxygen atoms in total. The Kier molecular flexibility index (Phi) is 4.86. The minimum absolute atomic E-state index is 0.207. The number of carboxylic acids is 1. The molecule has 0 aromatic rings. The smallest absolute Gasteiger partial charge is 0.317 e. The maximum absolute atomic E-state index is 12.3. The molecule has 1 aliphatic heterocycles. The van der Waals surface area contributed by atoms with Gasteiger partial charge in [0.15, 0.2) is 0 Å². The van der Waals surface area contributed by atoms with Crippen LogP contribution in [0, 0.1) is 5.92 Å². The molecule has 0 aromatic heterocycles. The van der Waals surface area contributed by atoms with Crippen LogP contribution in [0.4, 0.5) is 4.79 Å². The predicted octanol–water partition coefficient (Wildman–Crippen LogP) is 1.18. The van der Waals surface area contributed by atoms with E-state index in [4.69, 9.17) is 5.11 Å². The van der Waals surface area contributed by atoms with Gasteiger partial charge < -0.3 is 20.4 Å². The summed E-state index contributed by atoms with van der Waals surface area (Å²) in [4.78, 5) is 24.9. The summed E-state index contributed by atoms with van der Waals surface area (Å²) in [5.41, 5.74) is 0. The molecular weight excluding hydrogens is 260 g/mol. The Balaban J connectivity index is 1.93. The number of aliphatic hydroxyl groups excluding tert-OH is 1. The minimum atomic E-state index is -0.845. The summed E-state index contributed by atoms with van der Waals surface area (Å²) in [6.07, 6.45) is 4.61. The monoisotopic (exact) mass is 284 g/mol. The third kappa shape index (κ3) is 3.23. The van der Waals surface area contributed by atoms with Crippen LogP contribution in [0.25, 0.3) is 0 Å². The van der Waals surface area contributed by atoms with Gasteiger partial charge in [0.2, 0.25) is 0 Å². The molecule has 1 saturated carbocycles. The lowest BCUT2D eigenvalue weighted by Gasteiger charge is -2.28. The van der Waals surface area contributed by atoms with Crippen molar-refractivity contribution >= 4 is 12.0 Å². The quantitative estimate of drug-likeness (QED) is 0.664. The third-order valence-corrected chi connectivity index (χ3v) is 4.62. The minimum Gasteiger partial charge on any atom is -0.481 e. The summed E-state index contributed by atoms with van der Waals surface area (Å²) in [6, 6.07) is -0.747. The van der Waals surface area contributed by atoms with Crippen molar-refractivity contribution in [3.63, 3.8) is 0 Å². The Morgan fingerprint density at radius 1 is 1.15 bits per heavy atom. The number of urea groups is 1. The molecule has 2 rings (SSSR count). The third-order valence-electron chi connectivity index (χ3n) is 4.62. The highest BCUT2D eigenvalue weighted by molar-refractivity contribution is 5.78. The van der Waals surface area contributed by atoms with Crippen LogP contribution in [0.1, 0.15) is 45.4 Å². The average Bonchev–Trinajstić information content (AvgIpc) is 2.67. The number of likely N-dealkylation sites (tertiary alicyclic amines) is 1. The van der Waals surface area contributed by atoms with E-state index in [0.717, 1.165) is 32.1 Å². The lowest BCUT2D eigenvalue weighted by atomic mass is 10.0. The molecule has 20 heavy (non-hydrogen) atoms. The van der Waals surface area contributed by atoms with Crippen molar-refractivity contribution < 1.29 is 19.8 Å². The number of aliphatic hydroxyl groups is 1. The SMILES string of the molecule is CC1C(C(=O)O)CCN1C(=O)NC1CCCCCC1O. The molecular formula is C14H24N2O4. The Bertz CT molecular complexity index is 374. The highest BCUT2D eigenvalue weighted by Crippen LogP contribution is 2.25. The summed E-state index contributed by atoms with van der Waals surface area (Å²) in [7, 11) is 0. The van der Waals surface area contributed by atoms with Gasteiger partial charge in [-0.3, -0.25) is 4.79 Å². The number of nitrogens with zero attached hydrogens (tertiary/aromatic N) is 1. The van der Waals surface area contributed by atoms with Gasteiger partial charge in [-0.15, -0.1) is 0 Å². The van der Waals surface area contributed by atoms with E-state index < -0.39 is 18.0 Å². The molecule has 0 radical (unpaired) electrons. The fraction of sp³-hybridized carbons (Fsp3) is 0.857. The fourth-order valence-electron chi connectivity index (χ4n) is 3.25. The molecule has 1 heterocycles. The van der Waals surface area contributed by atoms with E-state index in [0.29, 0.717) is 13.0 Å². The van der Waals surface area contributed by atoms with Crippen molar-refractivity contribution in [3.8, 4) is 0 Å². The van der Waals surface area contributed by atoms with Crippen LogP contribution in [0.5, 0.6) is 0 Å². The number of carbonyl (C=O) groups is 2. The lowest BCUT2D eigenvalue weighted by molar-refractivity contribution is -0.142. The summed E-state index contributed by atoms with van der Waals surface area (Å²) < 4.78 is 0. The van der Waals surface area contributed by atoms with Gasteiger partial charge in [-0.1, -0.05) is 19.3 Å². The van der Waals surface area contributed by atoms with Crippen LogP contribution < -0.4 is 5.32 Å². The zero-order valence-electron chi connectivity index (χ0n) is 11.9. The first-order chi connectivity index (χ1) is 9.50. The summed E-state index contributed by atoms with van der Waals surface area (Å²) in [5.74, 6) is -1.33. The molecule has 2 amide bonds. The van der Waals surface area contributed by atoms with Crippen molar-refractivity contribution in [1.29, 1.82) is 0 Å². The van der Waals surface area contributed by atoms with Crippen molar-refractivity contribution in [2.24, 2.45) is 5.92 Å². The maximum atomic E-state index is 12.3. The molecule has 2 fully saturated rings. The Hall–Kier alpha value is -1.30. The number of aliphatic carboxylic acids is 1. The van der Waals surface area contributed by atoms with Gasteiger partial charge in [-0.2, -0.15) is 0 Å². The number of amides is 2. The number of carboxylic acid groups (broad SMARTS) is 1. The van der Waals surface area contributed by atoms with E-state index in [2.05, 4.69) is 5.32 Å². The maximum Gasteiger partial charge on any atom is 0.317 e. The average molecular weight is 284 g/mol. The molecule has 1 aliphatic carbocycles. The van der Waals surface area contributed by atoms with Crippen LogP contribution in [-0.4, -0.2) is 51.8 Å². The first-order valence-electron chi connectivity index (χ1n) is 7.48. The molecule has 2 aliphatic rings. The summed E-state index contributed by atoms with van der Waals surface area (Å²) >= 11 is 0. The van der Waals surface area contributed by atoms with Crippen LogP contribution in [0.15, 0.2) is 0 Å². The van der Waals surface area contributed by atoms with Crippen molar-refractivity contribution in [2.45, 2.75) is 63.6 Å². The standard InChI is InChI=1S/C14H24N2O4/c1-9-10(13(18)19)7-8-16(9)14(20)15-11-5-3-2-4-6-12(11)17/h9-12,17H,2-8H2,1H3,(H,15,20)(H,18,19). The van der Waals surface area contributed by atoms with E-state index in [1.807, 2.05) is 0 Å². The second kappa shape index (κ2) is 6.43. The zero-order valence-corrected chi connectivity index (χ0v) is 11.9. The van der Waals surface area contributed by atoms with E-state index in [9.17, 15) is 14.7 Å². The summed E-state index contributed by atoms with van der Waals surface area (Å²) in [5, 5.41) is 22.0. The normalized spacial score (nSPS) is 34.6. The molecule has 4 unspecified atom stereocenters. The molecule has 1 saturated heterocycles. The number of hydrogen-bond donors (Lipinski definition) is 3. The van der Waals surface area contributed by atoms with E-state index in [-0.39, 0.29) is 18.1 Å². The van der Waals surface area contributed by atoms with Crippen molar-refractivity contribution in [1.82, 2.24) is 10.2 Å². The highest BCUT2D eigenvalue weighted by atomic mass is 16.4. The lowest BCUT2D eigenvalue weighted by Crippen LogP contribution is -2.50. The second-order valence-corrected chi connectivity index (χ2v) is 5.93.